The van der Waals surface area contributed by atoms with Gasteiger partial charge in [-0.1, -0.05) is 42.5 Å². The summed E-state index contributed by atoms with van der Waals surface area (Å²) in [6.45, 7) is 3.52. The van der Waals surface area contributed by atoms with Crippen LogP contribution in [0.1, 0.15) is 48.9 Å². The van der Waals surface area contributed by atoms with Crippen LogP contribution in [0.5, 0.6) is 0 Å². The van der Waals surface area contributed by atoms with E-state index in [1.54, 1.807) is 18.9 Å². The number of likely N-dealkylation sites (tertiary alicyclic amines) is 1. The van der Waals surface area contributed by atoms with Gasteiger partial charge >= 0.3 is 12.1 Å². The lowest BCUT2D eigenvalue weighted by Gasteiger charge is -2.34. The van der Waals surface area contributed by atoms with E-state index >= 15 is 0 Å². The zero-order valence-corrected chi connectivity index (χ0v) is 19.6. The predicted octanol–water partition coefficient (Wildman–Crippen LogP) is 4.87. The van der Waals surface area contributed by atoms with Crippen LogP contribution in [0.4, 0.5) is 13.2 Å². The Morgan fingerprint density at radius 1 is 1.12 bits per heavy atom. The van der Waals surface area contributed by atoms with Crippen LogP contribution in [0.25, 0.3) is 0 Å². The summed E-state index contributed by atoms with van der Waals surface area (Å²) < 4.78 is 43.7. The highest BCUT2D eigenvalue weighted by Gasteiger charge is 2.32. The minimum Gasteiger partial charge on any atom is -0.466 e. The molecule has 1 fully saturated rings. The third kappa shape index (κ3) is 6.82. The fourth-order valence-electron chi connectivity index (χ4n) is 4.41. The molecule has 8 heteroatoms. The van der Waals surface area contributed by atoms with Crippen LogP contribution in [-0.4, -0.2) is 54.5 Å². The summed E-state index contributed by atoms with van der Waals surface area (Å²) in [5.74, 6) is -0.405. The van der Waals surface area contributed by atoms with Crippen molar-refractivity contribution < 1.29 is 27.5 Å². The van der Waals surface area contributed by atoms with Gasteiger partial charge in [0.2, 0.25) is 5.91 Å². The number of hydrogen-bond acceptors (Lipinski definition) is 4. The van der Waals surface area contributed by atoms with Crippen LogP contribution < -0.4 is 0 Å². The van der Waals surface area contributed by atoms with Gasteiger partial charge in [0.15, 0.2) is 0 Å². The summed E-state index contributed by atoms with van der Waals surface area (Å²) in [6.07, 6.45) is -2.23. The number of benzene rings is 2. The van der Waals surface area contributed by atoms with Gasteiger partial charge in [0, 0.05) is 19.6 Å². The Hall–Kier alpha value is -2.87. The molecule has 0 bridgehead atoms. The third-order valence-corrected chi connectivity index (χ3v) is 6.30. The lowest BCUT2D eigenvalue weighted by molar-refractivity contribution is -0.144. The highest BCUT2D eigenvalue weighted by atomic mass is 19.4. The summed E-state index contributed by atoms with van der Waals surface area (Å²) in [5, 5.41) is 0. The SMILES string of the molecule is CCOC(=O)CC1CCCN1C[C@H](c1ccccc1)N(C)C(=O)Cc1ccc(C(F)(F)F)cc1. The van der Waals surface area contributed by atoms with Crippen LogP contribution in [0.3, 0.4) is 0 Å². The highest BCUT2D eigenvalue weighted by molar-refractivity contribution is 5.79. The van der Waals surface area contributed by atoms with E-state index in [1.165, 1.54) is 12.1 Å². The number of carbonyl (C=O) groups excluding carboxylic acids is 2. The molecule has 1 aliphatic rings. The lowest BCUT2D eigenvalue weighted by atomic mass is 10.0. The van der Waals surface area contributed by atoms with E-state index in [0.29, 0.717) is 25.1 Å². The van der Waals surface area contributed by atoms with Crippen molar-refractivity contribution in [3.8, 4) is 0 Å². The van der Waals surface area contributed by atoms with Gasteiger partial charge in [-0.15, -0.1) is 0 Å². The molecule has 1 amide bonds. The molecule has 184 valence electrons. The summed E-state index contributed by atoms with van der Waals surface area (Å²) >= 11 is 0. The van der Waals surface area contributed by atoms with Gasteiger partial charge < -0.3 is 9.64 Å². The average Bonchev–Trinajstić information content (AvgIpc) is 3.24. The first-order chi connectivity index (χ1) is 16.2. The van der Waals surface area contributed by atoms with E-state index in [4.69, 9.17) is 4.74 Å². The van der Waals surface area contributed by atoms with Crippen molar-refractivity contribution in [2.24, 2.45) is 0 Å². The first kappa shape index (κ1) is 25.7. The molecule has 0 spiro atoms. The number of halogens is 3. The highest BCUT2D eigenvalue weighted by Crippen LogP contribution is 2.30. The maximum Gasteiger partial charge on any atom is 0.416 e. The Balaban J connectivity index is 1.73. The van der Waals surface area contributed by atoms with Gasteiger partial charge in [0.25, 0.3) is 0 Å². The Labute approximate surface area is 198 Å². The first-order valence-electron chi connectivity index (χ1n) is 11.6. The monoisotopic (exact) mass is 476 g/mol. The topological polar surface area (TPSA) is 49.9 Å². The summed E-state index contributed by atoms with van der Waals surface area (Å²) in [5.41, 5.74) is 0.756. The van der Waals surface area contributed by atoms with Crippen LogP contribution in [-0.2, 0) is 26.9 Å². The van der Waals surface area contributed by atoms with Crippen molar-refractivity contribution in [1.29, 1.82) is 0 Å². The number of rotatable bonds is 9. The first-order valence-corrected chi connectivity index (χ1v) is 11.6. The molecule has 0 radical (unpaired) electrons. The van der Waals surface area contributed by atoms with E-state index in [9.17, 15) is 22.8 Å². The van der Waals surface area contributed by atoms with Crippen LogP contribution in [0.2, 0.25) is 0 Å². The van der Waals surface area contributed by atoms with Crippen molar-refractivity contribution in [3.05, 3.63) is 71.3 Å². The Kier molecular flexibility index (Phi) is 8.72. The summed E-state index contributed by atoms with van der Waals surface area (Å²) in [4.78, 5) is 29.1. The molecule has 34 heavy (non-hydrogen) atoms. The second-order valence-electron chi connectivity index (χ2n) is 8.60. The maximum absolute atomic E-state index is 13.1. The van der Waals surface area contributed by atoms with Crippen LogP contribution in [0, 0.1) is 0 Å². The minimum absolute atomic E-state index is 0.00419. The second kappa shape index (κ2) is 11.5. The standard InChI is InChI=1S/C26H31F3N2O3/c1-3-34-25(33)17-22-10-7-15-31(22)18-23(20-8-5-4-6-9-20)30(2)24(32)16-19-11-13-21(14-12-19)26(27,28)29/h4-6,8-9,11-14,22-23H,3,7,10,15-18H2,1-2H3/t22?,23-/m1/s1. The predicted molar refractivity (Wildman–Crippen MR) is 123 cm³/mol. The zero-order valence-electron chi connectivity index (χ0n) is 19.6. The molecule has 1 heterocycles. The quantitative estimate of drug-likeness (QED) is 0.485. The number of esters is 1. The third-order valence-electron chi connectivity index (χ3n) is 6.30. The van der Waals surface area contributed by atoms with E-state index in [-0.39, 0.29) is 30.4 Å². The van der Waals surface area contributed by atoms with Crippen molar-refractivity contribution in [3.63, 3.8) is 0 Å². The molecule has 0 aliphatic carbocycles. The summed E-state index contributed by atoms with van der Waals surface area (Å²) in [7, 11) is 1.72. The molecule has 2 aromatic rings. The zero-order chi connectivity index (χ0) is 24.7. The van der Waals surface area contributed by atoms with E-state index < -0.39 is 11.7 Å². The van der Waals surface area contributed by atoms with Crippen LogP contribution in [0.15, 0.2) is 54.6 Å². The molecule has 0 N–H and O–H groups in total. The van der Waals surface area contributed by atoms with Gasteiger partial charge in [-0.25, -0.2) is 0 Å². The van der Waals surface area contributed by atoms with Crippen LogP contribution >= 0.6 is 0 Å². The van der Waals surface area contributed by atoms with Crippen molar-refractivity contribution in [2.45, 2.75) is 50.9 Å². The molecule has 3 rings (SSSR count). The normalized spacial score (nSPS) is 17.4. The molecule has 1 saturated heterocycles. The molecule has 0 saturated carbocycles. The van der Waals surface area contributed by atoms with E-state index in [2.05, 4.69) is 4.90 Å². The van der Waals surface area contributed by atoms with Gasteiger partial charge in [-0.3, -0.25) is 14.5 Å². The maximum atomic E-state index is 13.1. The lowest BCUT2D eigenvalue weighted by Crippen LogP contribution is -2.42. The van der Waals surface area contributed by atoms with Gasteiger partial charge in [0.05, 0.1) is 31.1 Å². The molecule has 2 aromatic carbocycles. The number of nitrogens with zero attached hydrogens (tertiary/aromatic N) is 2. The fraction of sp³-hybridized carbons (Fsp3) is 0.462. The number of hydrogen-bond donors (Lipinski definition) is 0. The Bertz CT molecular complexity index is 948. The molecular formula is C26H31F3N2O3. The molecule has 0 aromatic heterocycles. The van der Waals surface area contributed by atoms with Crippen molar-refractivity contribution in [1.82, 2.24) is 9.80 Å². The number of ether oxygens (including phenoxy) is 1. The number of carbonyl (C=O) groups is 2. The van der Waals surface area contributed by atoms with E-state index in [0.717, 1.165) is 37.1 Å². The minimum atomic E-state index is -4.41. The Morgan fingerprint density at radius 2 is 1.79 bits per heavy atom. The molecule has 1 aliphatic heterocycles. The second-order valence-corrected chi connectivity index (χ2v) is 8.60. The van der Waals surface area contributed by atoms with E-state index in [1.807, 2.05) is 30.3 Å². The smallest absolute Gasteiger partial charge is 0.416 e. The largest absolute Gasteiger partial charge is 0.466 e. The number of alkyl halides is 3. The molecule has 5 nitrogen and oxygen atoms in total. The fourth-order valence-corrected chi connectivity index (χ4v) is 4.41. The average molecular weight is 477 g/mol. The molecule has 2 atom stereocenters. The number of likely N-dealkylation sites (N-methyl/N-ethyl adjacent to an activating group) is 1. The summed E-state index contributed by atoms with van der Waals surface area (Å²) in [6, 6.07) is 14.2. The van der Waals surface area contributed by atoms with Gasteiger partial charge in [-0.2, -0.15) is 13.2 Å². The molecule has 1 unspecified atom stereocenters. The van der Waals surface area contributed by atoms with Gasteiger partial charge in [-0.05, 0) is 49.6 Å². The molecular weight excluding hydrogens is 445 g/mol. The van der Waals surface area contributed by atoms with Crippen molar-refractivity contribution in [2.75, 3.05) is 26.7 Å². The Morgan fingerprint density at radius 3 is 2.41 bits per heavy atom. The van der Waals surface area contributed by atoms with Crippen molar-refractivity contribution >= 4 is 11.9 Å². The van der Waals surface area contributed by atoms with Gasteiger partial charge in [0.1, 0.15) is 0 Å². The number of amides is 1.